The monoisotopic (exact) mass is 139 g/mol. The molecule has 58 valence electrons. The maximum absolute atomic E-state index is 2.59. The van der Waals surface area contributed by atoms with Crippen LogP contribution < -0.4 is 0 Å². The average Bonchev–Trinajstić information content (AvgIpc) is 2.54. The fourth-order valence-corrected chi connectivity index (χ4v) is 2.45. The van der Waals surface area contributed by atoms with Crippen LogP contribution in [0, 0.1) is 11.8 Å². The second-order valence-electron chi connectivity index (χ2n) is 4.28. The summed E-state index contributed by atoms with van der Waals surface area (Å²) in [6.07, 6.45) is 2.96. The summed E-state index contributed by atoms with van der Waals surface area (Å²) in [6.45, 7) is 4.68. The topological polar surface area (TPSA) is 3.24 Å². The Bertz CT molecular complexity index is 142. The highest BCUT2D eigenvalue weighted by Gasteiger charge is 2.50. The molecule has 0 aromatic carbocycles. The van der Waals surface area contributed by atoms with Crippen molar-refractivity contribution in [2.45, 2.75) is 38.8 Å². The summed E-state index contributed by atoms with van der Waals surface area (Å²) in [5, 5.41) is 0. The SMILES string of the molecule is CC(C)[C@@H]1C[C@H]2C[C@H]2N1C. The number of fused-ring (bicyclic) bond motifs is 1. The van der Waals surface area contributed by atoms with E-state index in [0.717, 1.165) is 23.9 Å². The molecule has 0 amide bonds. The summed E-state index contributed by atoms with van der Waals surface area (Å²) in [5.41, 5.74) is 0. The van der Waals surface area contributed by atoms with Crippen LogP contribution in [-0.4, -0.2) is 24.0 Å². The normalized spacial score (nSPS) is 46.2. The molecule has 0 aromatic rings. The number of likely N-dealkylation sites (tertiary alicyclic amines) is 1. The lowest BCUT2D eigenvalue weighted by Crippen LogP contribution is -2.32. The lowest BCUT2D eigenvalue weighted by molar-refractivity contribution is 0.215. The van der Waals surface area contributed by atoms with Gasteiger partial charge < -0.3 is 0 Å². The Balaban J connectivity index is 2.00. The second kappa shape index (κ2) is 1.97. The van der Waals surface area contributed by atoms with Gasteiger partial charge in [0.2, 0.25) is 0 Å². The molecule has 1 saturated carbocycles. The molecule has 0 radical (unpaired) electrons. The molecule has 1 nitrogen and oxygen atoms in total. The summed E-state index contributed by atoms with van der Waals surface area (Å²) in [4.78, 5) is 2.59. The quantitative estimate of drug-likeness (QED) is 0.535. The second-order valence-corrected chi connectivity index (χ2v) is 4.28. The first-order valence-electron chi connectivity index (χ1n) is 4.42. The van der Waals surface area contributed by atoms with Crippen LogP contribution in [0.5, 0.6) is 0 Å². The van der Waals surface area contributed by atoms with Crippen LogP contribution >= 0.6 is 0 Å². The number of hydrogen-bond donors (Lipinski definition) is 0. The predicted octanol–water partition coefficient (Wildman–Crippen LogP) is 1.74. The van der Waals surface area contributed by atoms with Gasteiger partial charge in [-0.2, -0.15) is 0 Å². The van der Waals surface area contributed by atoms with Gasteiger partial charge in [0.15, 0.2) is 0 Å². The Kier molecular flexibility index (Phi) is 1.31. The predicted molar refractivity (Wildman–Crippen MR) is 42.9 cm³/mol. The third-order valence-corrected chi connectivity index (χ3v) is 3.25. The Morgan fingerprint density at radius 3 is 2.30 bits per heavy atom. The van der Waals surface area contributed by atoms with Crippen LogP contribution in [-0.2, 0) is 0 Å². The molecular formula is C9H17N. The molecule has 10 heavy (non-hydrogen) atoms. The van der Waals surface area contributed by atoms with Gasteiger partial charge in [-0.3, -0.25) is 4.90 Å². The van der Waals surface area contributed by atoms with Gasteiger partial charge in [0.25, 0.3) is 0 Å². The Morgan fingerprint density at radius 2 is 2.00 bits per heavy atom. The Morgan fingerprint density at radius 1 is 1.30 bits per heavy atom. The first-order valence-corrected chi connectivity index (χ1v) is 4.42. The molecule has 1 saturated heterocycles. The summed E-state index contributed by atoms with van der Waals surface area (Å²) >= 11 is 0. The minimum atomic E-state index is 0.859. The van der Waals surface area contributed by atoms with Crippen LogP contribution in [0.15, 0.2) is 0 Å². The van der Waals surface area contributed by atoms with E-state index in [1.165, 1.54) is 12.8 Å². The molecule has 2 rings (SSSR count). The van der Waals surface area contributed by atoms with Crippen LogP contribution in [0.1, 0.15) is 26.7 Å². The average molecular weight is 139 g/mol. The van der Waals surface area contributed by atoms with Crippen molar-refractivity contribution in [3.05, 3.63) is 0 Å². The summed E-state index contributed by atoms with van der Waals surface area (Å²) in [5.74, 6) is 1.94. The van der Waals surface area contributed by atoms with E-state index in [1.54, 1.807) is 0 Å². The van der Waals surface area contributed by atoms with E-state index >= 15 is 0 Å². The van der Waals surface area contributed by atoms with Gasteiger partial charge in [-0.15, -0.1) is 0 Å². The minimum absolute atomic E-state index is 0.859. The van der Waals surface area contributed by atoms with Crippen molar-refractivity contribution >= 4 is 0 Å². The molecule has 0 bridgehead atoms. The van der Waals surface area contributed by atoms with Gasteiger partial charge in [0.05, 0.1) is 0 Å². The van der Waals surface area contributed by atoms with Gasteiger partial charge >= 0.3 is 0 Å². The molecule has 1 aliphatic heterocycles. The van der Waals surface area contributed by atoms with Crippen LogP contribution in [0.2, 0.25) is 0 Å². The number of nitrogens with zero attached hydrogens (tertiary/aromatic N) is 1. The highest BCUT2D eigenvalue weighted by atomic mass is 15.2. The van der Waals surface area contributed by atoms with E-state index in [-0.39, 0.29) is 0 Å². The van der Waals surface area contributed by atoms with Gasteiger partial charge in [0.1, 0.15) is 0 Å². The number of rotatable bonds is 1. The lowest BCUT2D eigenvalue weighted by Gasteiger charge is -2.26. The van der Waals surface area contributed by atoms with Crippen molar-refractivity contribution in [3.63, 3.8) is 0 Å². The molecule has 1 heterocycles. The fourth-order valence-electron chi connectivity index (χ4n) is 2.45. The first-order chi connectivity index (χ1) is 4.70. The molecule has 2 aliphatic rings. The molecule has 0 spiro atoms. The smallest absolute Gasteiger partial charge is 0.0128 e. The van der Waals surface area contributed by atoms with E-state index < -0.39 is 0 Å². The van der Waals surface area contributed by atoms with E-state index in [0.29, 0.717) is 0 Å². The van der Waals surface area contributed by atoms with E-state index in [4.69, 9.17) is 0 Å². The van der Waals surface area contributed by atoms with Gasteiger partial charge in [0, 0.05) is 12.1 Å². The standard InChI is InChI=1S/C9H17N/c1-6(2)8-4-7-5-9(7)10(8)3/h6-9H,4-5H2,1-3H3/t7-,8-,9+/m0/s1. The lowest BCUT2D eigenvalue weighted by atomic mass is 10.0. The summed E-state index contributed by atoms with van der Waals surface area (Å²) in [7, 11) is 2.29. The largest absolute Gasteiger partial charge is 0.300 e. The fraction of sp³-hybridized carbons (Fsp3) is 1.00. The highest BCUT2D eigenvalue weighted by molar-refractivity contribution is 5.04. The van der Waals surface area contributed by atoms with Crippen molar-refractivity contribution in [3.8, 4) is 0 Å². The van der Waals surface area contributed by atoms with Crippen LogP contribution in [0.4, 0.5) is 0 Å². The van der Waals surface area contributed by atoms with Gasteiger partial charge in [-0.05, 0) is 31.7 Å². The Hall–Kier alpha value is -0.0400. The molecule has 0 unspecified atom stereocenters. The minimum Gasteiger partial charge on any atom is -0.300 e. The maximum atomic E-state index is 2.59. The molecule has 0 aromatic heterocycles. The zero-order chi connectivity index (χ0) is 7.30. The molecule has 1 aliphatic carbocycles. The zero-order valence-corrected chi connectivity index (χ0v) is 7.17. The third-order valence-electron chi connectivity index (χ3n) is 3.25. The van der Waals surface area contributed by atoms with Crippen LogP contribution in [0.3, 0.4) is 0 Å². The number of hydrogen-bond acceptors (Lipinski definition) is 1. The zero-order valence-electron chi connectivity index (χ0n) is 7.17. The molecular weight excluding hydrogens is 122 g/mol. The summed E-state index contributed by atoms with van der Waals surface area (Å²) in [6, 6.07) is 1.87. The van der Waals surface area contributed by atoms with Crippen molar-refractivity contribution in [1.29, 1.82) is 0 Å². The van der Waals surface area contributed by atoms with E-state index in [9.17, 15) is 0 Å². The molecule has 3 atom stereocenters. The maximum Gasteiger partial charge on any atom is 0.0128 e. The van der Waals surface area contributed by atoms with Gasteiger partial charge in [-0.1, -0.05) is 13.8 Å². The van der Waals surface area contributed by atoms with E-state index in [2.05, 4.69) is 25.8 Å². The van der Waals surface area contributed by atoms with E-state index in [1.807, 2.05) is 0 Å². The summed E-state index contributed by atoms with van der Waals surface area (Å²) < 4.78 is 0. The highest BCUT2D eigenvalue weighted by Crippen LogP contribution is 2.48. The van der Waals surface area contributed by atoms with Crippen molar-refractivity contribution in [1.82, 2.24) is 4.90 Å². The number of piperidine rings is 1. The van der Waals surface area contributed by atoms with Crippen LogP contribution in [0.25, 0.3) is 0 Å². The van der Waals surface area contributed by atoms with Crippen molar-refractivity contribution in [2.24, 2.45) is 11.8 Å². The van der Waals surface area contributed by atoms with Gasteiger partial charge in [-0.25, -0.2) is 0 Å². The van der Waals surface area contributed by atoms with Crippen molar-refractivity contribution in [2.75, 3.05) is 7.05 Å². The molecule has 2 fully saturated rings. The van der Waals surface area contributed by atoms with Crippen molar-refractivity contribution < 1.29 is 0 Å². The Labute approximate surface area is 63.4 Å². The molecule has 1 heteroatoms. The third kappa shape index (κ3) is 0.800. The first kappa shape index (κ1) is 6.66. The molecule has 0 N–H and O–H groups in total.